The highest BCUT2D eigenvalue weighted by atomic mass is 16.5. The standard InChI is InChI=1S/C16H21N3O2/c20-12-14-6-8-19(9-7-14)11-15-17-16(21-18-15)10-13-4-2-1-3-5-13/h1-5,14,20H,6-12H2. The van der Waals surface area contributed by atoms with Gasteiger partial charge in [0.05, 0.1) is 13.0 Å². The molecule has 5 nitrogen and oxygen atoms in total. The molecule has 21 heavy (non-hydrogen) atoms. The van der Waals surface area contributed by atoms with Gasteiger partial charge in [0.1, 0.15) is 0 Å². The molecule has 0 bridgehead atoms. The van der Waals surface area contributed by atoms with Crippen LogP contribution in [0.5, 0.6) is 0 Å². The Kier molecular flexibility index (Phi) is 4.62. The number of hydrogen-bond donors (Lipinski definition) is 1. The van der Waals surface area contributed by atoms with Crippen molar-refractivity contribution in [3.05, 3.63) is 47.6 Å². The highest BCUT2D eigenvalue weighted by Crippen LogP contribution is 2.18. The number of aromatic nitrogens is 2. The topological polar surface area (TPSA) is 62.4 Å². The summed E-state index contributed by atoms with van der Waals surface area (Å²) in [5, 5.41) is 13.2. The molecule has 0 atom stereocenters. The summed E-state index contributed by atoms with van der Waals surface area (Å²) in [5.74, 6) is 1.88. The second-order valence-electron chi connectivity index (χ2n) is 5.67. The molecule has 1 N–H and O–H groups in total. The largest absolute Gasteiger partial charge is 0.396 e. The van der Waals surface area contributed by atoms with Gasteiger partial charge in [0.15, 0.2) is 5.82 Å². The fourth-order valence-electron chi connectivity index (χ4n) is 2.72. The Hall–Kier alpha value is -1.72. The summed E-state index contributed by atoms with van der Waals surface area (Å²) in [7, 11) is 0. The lowest BCUT2D eigenvalue weighted by Crippen LogP contribution is -2.34. The number of aliphatic hydroxyl groups is 1. The van der Waals surface area contributed by atoms with Crippen LogP contribution in [-0.2, 0) is 13.0 Å². The maximum atomic E-state index is 9.15. The molecule has 1 aromatic heterocycles. The maximum Gasteiger partial charge on any atom is 0.231 e. The molecule has 112 valence electrons. The number of likely N-dealkylation sites (tertiary alicyclic amines) is 1. The molecule has 0 radical (unpaired) electrons. The Bertz CT molecular complexity index is 548. The van der Waals surface area contributed by atoms with Gasteiger partial charge in [-0.05, 0) is 37.4 Å². The number of aliphatic hydroxyl groups excluding tert-OH is 1. The van der Waals surface area contributed by atoms with E-state index in [1.54, 1.807) is 0 Å². The fourth-order valence-corrected chi connectivity index (χ4v) is 2.72. The Labute approximate surface area is 124 Å². The van der Waals surface area contributed by atoms with Gasteiger partial charge in [-0.15, -0.1) is 0 Å². The Morgan fingerprint density at radius 1 is 1.19 bits per heavy atom. The van der Waals surface area contributed by atoms with Crippen LogP contribution < -0.4 is 0 Å². The molecule has 0 saturated carbocycles. The molecule has 1 aromatic carbocycles. The van der Waals surface area contributed by atoms with Crippen molar-refractivity contribution in [1.29, 1.82) is 0 Å². The molecule has 1 aliphatic rings. The lowest BCUT2D eigenvalue weighted by molar-refractivity contribution is 0.125. The molecular weight excluding hydrogens is 266 g/mol. The number of piperidine rings is 1. The van der Waals surface area contributed by atoms with E-state index in [1.807, 2.05) is 18.2 Å². The molecule has 1 aliphatic heterocycles. The highest BCUT2D eigenvalue weighted by molar-refractivity contribution is 5.17. The second-order valence-corrected chi connectivity index (χ2v) is 5.67. The lowest BCUT2D eigenvalue weighted by Gasteiger charge is -2.29. The van der Waals surface area contributed by atoms with Crippen LogP contribution in [0.25, 0.3) is 0 Å². The molecule has 5 heteroatoms. The zero-order chi connectivity index (χ0) is 14.5. The van der Waals surface area contributed by atoms with E-state index < -0.39 is 0 Å². The fraction of sp³-hybridized carbons (Fsp3) is 0.500. The lowest BCUT2D eigenvalue weighted by atomic mass is 9.98. The van der Waals surface area contributed by atoms with E-state index >= 15 is 0 Å². The summed E-state index contributed by atoms with van der Waals surface area (Å²) < 4.78 is 5.32. The minimum Gasteiger partial charge on any atom is -0.396 e. The van der Waals surface area contributed by atoms with Gasteiger partial charge in [-0.25, -0.2) is 0 Å². The van der Waals surface area contributed by atoms with Crippen molar-refractivity contribution in [2.75, 3.05) is 19.7 Å². The number of hydrogen-bond acceptors (Lipinski definition) is 5. The Morgan fingerprint density at radius 2 is 1.95 bits per heavy atom. The van der Waals surface area contributed by atoms with Crippen molar-refractivity contribution in [2.45, 2.75) is 25.8 Å². The van der Waals surface area contributed by atoms with Crippen LogP contribution in [0.1, 0.15) is 30.1 Å². The van der Waals surface area contributed by atoms with Crippen LogP contribution in [0, 0.1) is 5.92 Å². The molecule has 1 fully saturated rings. The first-order valence-electron chi connectivity index (χ1n) is 7.52. The van der Waals surface area contributed by atoms with Crippen molar-refractivity contribution in [2.24, 2.45) is 5.92 Å². The predicted octanol–water partition coefficient (Wildman–Crippen LogP) is 1.86. The van der Waals surface area contributed by atoms with Crippen LogP contribution in [0.2, 0.25) is 0 Å². The van der Waals surface area contributed by atoms with E-state index in [9.17, 15) is 0 Å². The van der Waals surface area contributed by atoms with E-state index in [2.05, 4.69) is 27.2 Å². The Morgan fingerprint density at radius 3 is 2.67 bits per heavy atom. The molecule has 1 saturated heterocycles. The quantitative estimate of drug-likeness (QED) is 0.909. The van der Waals surface area contributed by atoms with Crippen LogP contribution >= 0.6 is 0 Å². The molecule has 0 aliphatic carbocycles. The van der Waals surface area contributed by atoms with Crippen molar-refractivity contribution in [1.82, 2.24) is 15.0 Å². The van der Waals surface area contributed by atoms with E-state index in [0.717, 1.165) is 38.3 Å². The van der Waals surface area contributed by atoms with Gasteiger partial charge in [0, 0.05) is 6.61 Å². The smallest absolute Gasteiger partial charge is 0.231 e. The van der Waals surface area contributed by atoms with Gasteiger partial charge in [-0.2, -0.15) is 4.98 Å². The Balaban J connectivity index is 1.53. The SMILES string of the molecule is OCC1CCN(Cc2noc(Cc3ccccc3)n2)CC1. The number of benzene rings is 1. The molecule has 0 amide bonds. The summed E-state index contributed by atoms with van der Waals surface area (Å²) in [4.78, 5) is 6.79. The van der Waals surface area contributed by atoms with Crippen LogP contribution in [-0.4, -0.2) is 39.8 Å². The van der Waals surface area contributed by atoms with E-state index in [4.69, 9.17) is 9.63 Å². The average Bonchev–Trinajstić information content (AvgIpc) is 2.96. The van der Waals surface area contributed by atoms with Gasteiger partial charge in [-0.3, -0.25) is 4.90 Å². The predicted molar refractivity (Wildman–Crippen MR) is 78.6 cm³/mol. The monoisotopic (exact) mass is 287 g/mol. The summed E-state index contributed by atoms with van der Waals surface area (Å²) >= 11 is 0. The summed E-state index contributed by atoms with van der Waals surface area (Å²) in [5.41, 5.74) is 1.18. The third-order valence-electron chi connectivity index (χ3n) is 4.04. The normalized spacial score (nSPS) is 17.2. The second kappa shape index (κ2) is 6.83. The molecular formula is C16H21N3O2. The van der Waals surface area contributed by atoms with Gasteiger partial charge < -0.3 is 9.63 Å². The number of nitrogens with zero attached hydrogens (tertiary/aromatic N) is 3. The first-order valence-corrected chi connectivity index (χ1v) is 7.52. The van der Waals surface area contributed by atoms with Crippen LogP contribution in [0.4, 0.5) is 0 Å². The zero-order valence-electron chi connectivity index (χ0n) is 12.1. The van der Waals surface area contributed by atoms with E-state index in [0.29, 0.717) is 24.8 Å². The highest BCUT2D eigenvalue weighted by Gasteiger charge is 2.20. The van der Waals surface area contributed by atoms with Crippen LogP contribution in [0.3, 0.4) is 0 Å². The third-order valence-corrected chi connectivity index (χ3v) is 4.04. The third kappa shape index (κ3) is 3.89. The van der Waals surface area contributed by atoms with Crippen molar-refractivity contribution in [3.63, 3.8) is 0 Å². The summed E-state index contributed by atoms with van der Waals surface area (Å²) in [6.07, 6.45) is 2.77. The molecule has 0 spiro atoms. The van der Waals surface area contributed by atoms with Gasteiger partial charge in [0.25, 0.3) is 0 Å². The van der Waals surface area contributed by atoms with E-state index in [1.165, 1.54) is 5.56 Å². The van der Waals surface area contributed by atoms with Crippen molar-refractivity contribution >= 4 is 0 Å². The number of rotatable bonds is 5. The van der Waals surface area contributed by atoms with Crippen molar-refractivity contribution in [3.8, 4) is 0 Å². The molecule has 2 aromatic rings. The van der Waals surface area contributed by atoms with Crippen molar-refractivity contribution < 1.29 is 9.63 Å². The van der Waals surface area contributed by atoms with Gasteiger partial charge in [-0.1, -0.05) is 35.5 Å². The first-order chi connectivity index (χ1) is 10.3. The zero-order valence-corrected chi connectivity index (χ0v) is 12.1. The van der Waals surface area contributed by atoms with Gasteiger partial charge in [0.2, 0.25) is 5.89 Å². The summed E-state index contributed by atoms with van der Waals surface area (Å²) in [6.45, 7) is 3.02. The first kappa shape index (κ1) is 14.2. The van der Waals surface area contributed by atoms with Gasteiger partial charge >= 0.3 is 0 Å². The molecule has 2 heterocycles. The molecule has 0 unspecified atom stereocenters. The summed E-state index contributed by atoms with van der Waals surface area (Å²) in [6, 6.07) is 10.1. The van der Waals surface area contributed by atoms with Crippen LogP contribution in [0.15, 0.2) is 34.9 Å². The average molecular weight is 287 g/mol. The maximum absolute atomic E-state index is 9.15. The minimum absolute atomic E-state index is 0.303. The minimum atomic E-state index is 0.303. The van der Waals surface area contributed by atoms with E-state index in [-0.39, 0.29) is 0 Å². The molecule has 3 rings (SSSR count).